The Balaban J connectivity index is 1.60. The van der Waals surface area contributed by atoms with Crippen LogP contribution in [0.5, 0.6) is 5.75 Å². The van der Waals surface area contributed by atoms with Crippen LogP contribution in [0.15, 0.2) is 60.7 Å². The molecule has 2 aliphatic rings. The molecule has 2 atom stereocenters. The van der Waals surface area contributed by atoms with Crippen molar-refractivity contribution in [1.82, 2.24) is 0 Å². The van der Waals surface area contributed by atoms with Gasteiger partial charge in [0.2, 0.25) is 11.8 Å². The summed E-state index contributed by atoms with van der Waals surface area (Å²) in [7, 11) is 0. The second-order valence-electron chi connectivity index (χ2n) is 6.83. The molecule has 0 spiro atoms. The number of hydrogen-bond donors (Lipinski definition) is 0. The third-order valence-corrected chi connectivity index (χ3v) is 5.13. The van der Waals surface area contributed by atoms with E-state index in [1.807, 2.05) is 12.2 Å². The Kier molecular flexibility index (Phi) is 4.67. The van der Waals surface area contributed by atoms with Gasteiger partial charge in [0, 0.05) is 12.1 Å². The van der Waals surface area contributed by atoms with Gasteiger partial charge in [0.15, 0.2) is 5.75 Å². The molecule has 2 aromatic carbocycles. The van der Waals surface area contributed by atoms with Gasteiger partial charge in [-0.3, -0.25) is 19.7 Å². The average molecular weight is 392 g/mol. The topological polar surface area (TPSA) is 107 Å². The molecule has 1 heterocycles. The summed E-state index contributed by atoms with van der Waals surface area (Å²) in [5.74, 6) is -2.07. The average Bonchev–Trinajstić information content (AvgIpc) is 2.99. The first kappa shape index (κ1) is 18.5. The first-order valence-electron chi connectivity index (χ1n) is 9.06. The first-order chi connectivity index (χ1) is 14.0. The largest absolute Gasteiger partial charge is 0.421 e. The van der Waals surface area contributed by atoms with Gasteiger partial charge >= 0.3 is 5.97 Å². The zero-order chi connectivity index (χ0) is 20.5. The Labute approximate surface area is 165 Å². The lowest BCUT2D eigenvalue weighted by molar-refractivity contribution is -0.384. The SMILES string of the molecule is O=C(Oc1ccccc1N1C(=O)[C@H]2CC=CC[C@H]2C1=O)c1ccc([N+](=O)[O-])cc1. The van der Waals surface area contributed by atoms with Gasteiger partial charge < -0.3 is 4.74 Å². The van der Waals surface area contributed by atoms with Gasteiger partial charge in [-0.1, -0.05) is 24.3 Å². The molecule has 4 rings (SSSR count). The summed E-state index contributed by atoms with van der Waals surface area (Å²) in [6.07, 6.45) is 4.82. The van der Waals surface area contributed by atoms with Crippen molar-refractivity contribution in [2.24, 2.45) is 11.8 Å². The Morgan fingerprint density at radius 3 is 2.14 bits per heavy atom. The van der Waals surface area contributed by atoms with Crippen molar-refractivity contribution in [1.29, 1.82) is 0 Å². The molecule has 0 N–H and O–H groups in total. The summed E-state index contributed by atoms with van der Waals surface area (Å²) in [5, 5.41) is 10.7. The number of imide groups is 1. The quantitative estimate of drug-likeness (QED) is 0.197. The summed E-state index contributed by atoms with van der Waals surface area (Å²) in [4.78, 5) is 49.4. The molecule has 146 valence electrons. The number of fused-ring (bicyclic) bond motifs is 1. The van der Waals surface area contributed by atoms with Crippen molar-refractivity contribution < 1.29 is 24.0 Å². The molecule has 0 bridgehead atoms. The fourth-order valence-corrected chi connectivity index (χ4v) is 3.64. The number of allylic oxidation sites excluding steroid dienone is 2. The third kappa shape index (κ3) is 3.29. The number of hydrogen-bond acceptors (Lipinski definition) is 6. The van der Waals surface area contributed by atoms with Crippen LogP contribution in [-0.2, 0) is 9.59 Å². The van der Waals surface area contributed by atoms with E-state index in [0.717, 1.165) is 4.90 Å². The number of para-hydroxylation sites is 2. The molecule has 2 amide bonds. The predicted molar refractivity (Wildman–Crippen MR) is 102 cm³/mol. The van der Waals surface area contributed by atoms with E-state index in [2.05, 4.69) is 0 Å². The lowest BCUT2D eigenvalue weighted by Crippen LogP contribution is -2.31. The predicted octanol–water partition coefficient (Wildman–Crippen LogP) is 3.27. The number of esters is 1. The monoisotopic (exact) mass is 392 g/mol. The maximum Gasteiger partial charge on any atom is 0.343 e. The van der Waals surface area contributed by atoms with E-state index in [-0.39, 0.29) is 34.5 Å². The molecule has 0 radical (unpaired) electrons. The fourth-order valence-electron chi connectivity index (χ4n) is 3.64. The van der Waals surface area contributed by atoms with Gasteiger partial charge in [0.05, 0.1) is 28.0 Å². The molecule has 29 heavy (non-hydrogen) atoms. The Morgan fingerprint density at radius 1 is 0.966 bits per heavy atom. The second kappa shape index (κ2) is 7.31. The van der Waals surface area contributed by atoms with E-state index < -0.39 is 22.7 Å². The van der Waals surface area contributed by atoms with Crippen LogP contribution in [0.3, 0.4) is 0 Å². The van der Waals surface area contributed by atoms with Gasteiger partial charge in [-0.2, -0.15) is 0 Å². The Bertz CT molecular complexity index is 1020. The number of benzene rings is 2. The van der Waals surface area contributed by atoms with Crippen LogP contribution in [0.25, 0.3) is 0 Å². The molecule has 0 saturated carbocycles. The van der Waals surface area contributed by atoms with Crippen LogP contribution in [0.2, 0.25) is 0 Å². The van der Waals surface area contributed by atoms with Gasteiger partial charge in [0.25, 0.3) is 5.69 Å². The van der Waals surface area contributed by atoms with Crippen LogP contribution < -0.4 is 9.64 Å². The lowest BCUT2D eigenvalue weighted by Gasteiger charge is -2.18. The molecule has 8 nitrogen and oxygen atoms in total. The zero-order valence-electron chi connectivity index (χ0n) is 15.2. The summed E-state index contributed by atoms with van der Waals surface area (Å²) in [5.41, 5.74) is 0.181. The Morgan fingerprint density at radius 2 is 1.55 bits per heavy atom. The van der Waals surface area contributed by atoms with E-state index in [9.17, 15) is 24.5 Å². The summed E-state index contributed by atoms with van der Waals surface area (Å²) < 4.78 is 5.42. The summed E-state index contributed by atoms with van der Waals surface area (Å²) in [6, 6.07) is 11.3. The number of anilines is 1. The number of nitro groups is 1. The Hall–Kier alpha value is -3.81. The van der Waals surface area contributed by atoms with Crippen LogP contribution in [0.1, 0.15) is 23.2 Å². The van der Waals surface area contributed by atoms with Crippen molar-refractivity contribution in [3.63, 3.8) is 0 Å². The maximum absolute atomic E-state index is 12.8. The number of amides is 2. The van der Waals surface area contributed by atoms with E-state index in [0.29, 0.717) is 12.8 Å². The lowest BCUT2D eigenvalue weighted by atomic mass is 9.85. The smallest absolute Gasteiger partial charge is 0.343 e. The highest BCUT2D eigenvalue weighted by molar-refractivity contribution is 6.23. The van der Waals surface area contributed by atoms with E-state index >= 15 is 0 Å². The van der Waals surface area contributed by atoms with E-state index in [1.165, 1.54) is 30.3 Å². The molecule has 0 aromatic heterocycles. The highest BCUT2D eigenvalue weighted by Gasteiger charge is 2.48. The van der Waals surface area contributed by atoms with E-state index in [4.69, 9.17) is 4.74 Å². The van der Waals surface area contributed by atoms with Gasteiger partial charge in [-0.25, -0.2) is 9.69 Å². The minimum atomic E-state index is -0.745. The molecule has 0 unspecified atom stereocenters. The van der Waals surface area contributed by atoms with Crippen LogP contribution in [0.4, 0.5) is 11.4 Å². The van der Waals surface area contributed by atoms with Crippen molar-refractivity contribution in [3.05, 3.63) is 76.4 Å². The molecule has 8 heteroatoms. The standard InChI is InChI=1S/C21H16N2O6/c24-19-15-5-1-2-6-16(15)20(25)22(19)17-7-3-4-8-18(17)29-21(26)13-9-11-14(12-10-13)23(27)28/h1-4,7-12,15-16H,5-6H2/t15-,16+. The zero-order valence-corrected chi connectivity index (χ0v) is 15.2. The van der Waals surface area contributed by atoms with Crippen LogP contribution >= 0.6 is 0 Å². The second-order valence-corrected chi connectivity index (χ2v) is 6.83. The molecule has 1 saturated heterocycles. The van der Waals surface area contributed by atoms with Crippen molar-refractivity contribution in [2.45, 2.75) is 12.8 Å². The van der Waals surface area contributed by atoms with E-state index in [1.54, 1.807) is 18.2 Å². The normalized spacial score (nSPS) is 20.5. The number of rotatable bonds is 4. The number of nitro benzene ring substituents is 1. The van der Waals surface area contributed by atoms with Gasteiger partial charge in [-0.05, 0) is 37.1 Å². The van der Waals surface area contributed by atoms with Crippen molar-refractivity contribution in [3.8, 4) is 5.75 Å². The highest BCUT2D eigenvalue weighted by Crippen LogP contribution is 2.40. The molecule has 1 aliphatic carbocycles. The summed E-state index contributed by atoms with van der Waals surface area (Å²) in [6.45, 7) is 0. The van der Waals surface area contributed by atoms with Crippen molar-refractivity contribution in [2.75, 3.05) is 4.90 Å². The number of ether oxygens (including phenoxy) is 1. The molecule has 1 aliphatic heterocycles. The number of carbonyl (C=O) groups excluding carboxylic acids is 3. The number of non-ortho nitro benzene ring substituents is 1. The number of carbonyl (C=O) groups is 3. The van der Waals surface area contributed by atoms with Gasteiger partial charge in [0.1, 0.15) is 0 Å². The number of nitrogens with zero attached hydrogens (tertiary/aromatic N) is 2. The highest BCUT2D eigenvalue weighted by atomic mass is 16.6. The molecular weight excluding hydrogens is 376 g/mol. The third-order valence-electron chi connectivity index (χ3n) is 5.13. The molecule has 2 aromatic rings. The minimum Gasteiger partial charge on any atom is -0.421 e. The summed E-state index contributed by atoms with van der Waals surface area (Å²) >= 11 is 0. The van der Waals surface area contributed by atoms with Crippen LogP contribution in [0, 0.1) is 22.0 Å². The first-order valence-corrected chi connectivity index (χ1v) is 9.06. The molecule has 1 fully saturated rings. The van der Waals surface area contributed by atoms with Crippen LogP contribution in [-0.4, -0.2) is 22.7 Å². The van der Waals surface area contributed by atoms with Gasteiger partial charge in [-0.15, -0.1) is 0 Å². The minimum absolute atomic E-state index is 0.0733. The fraction of sp³-hybridized carbons (Fsp3) is 0.190. The van der Waals surface area contributed by atoms with Crippen molar-refractivity contribution >= 4 is 29.2 Å². The molecular formula is C21H16N2O6. The maximum atomic E-state index is 12.8.